The molecule has 0 fully saturated rings. The molecule has 9 rings (SSSR count). The maximum atomic E-state index is 15.4. The summed E-state index contributed by atoms with van der Waals surface area (Å²) in [7, 11) is 0. The van der Waals surface area contributed by atoms with E-state index in [1.165, 1.54) is 16.0 Å². The summed E-state index contributed by atoms with van der Waals surface area (Å²) in [5.74, 6) is -0.398. The number of nitrogens with zero attached hydrogens (tertiary/aromatic N) is 3. The molecule has 250 valence electrons. The molecule has 0 bridgehead atoms. The van der Waals surface area contributed by atoms with E-state index in [1.807, 2.05) is 54.6 Å². The van der Waals surface area contributed by atoms with Crippen LogP contribution in [0.25, 0.3) is 0 Å². The first-order chi connectivity index (χ1) is 24.8. The molecule has 6 heteroatoms. The van der Waals surface area contributed by atoms with Crippen molar-refractivity contribution in [3.8, 4) is 0 Å². The fourth-order valence-corrected chi connectivity index (χ4v) is 9.05. The highest BCUT2D eigenvalue weighted by molar-refractivity contribution is 7.99. The van der Waals surface area contributed by atoms with Crippen LogP contribution in [-0.2, 0) is 6.42 Å². The molecule has 0 atom stereocenters. The molecule has 3 heterocycles. The van der Waals surface area contributed by atoms with Crippen LogP contribution in [-0.4, -0.2) is 11.8 Å². The van der Waals surface area contributed by atoms with Gasteiger partial charge in [0, 0.05) is 27.6 Å². The lowest BCUT2D eigenvalue weighted by atomic mass is 9.92. The van der Waals surface area contributed by atoms with E-state index in [9.17, 15) is 0 Å². The number of benzene rings is 6. The molecule has 0 N–H and O–H groups in total. The van der Waals surface area contributed by atoms with Gasteiger partial charge in [-0.3, -0.25) is 9.59 Å². The molecular weight excluding hydrogens is 647 g/mol. The summed E-state index contributed by atoms with van der Waals surface area (Å²) in [5, 5.41) is 0. The van der Waals surface area contributed by atoms with Crippen molar-refractivity contribution >= 4 is 63.4 Å². The second-order valence-electron chi connectivity index (χ2n) is 14.0. The van der Waals surface area contributed by atoms with E-state index in [0.717, 1.165) is 50.1 Å². The largest absolute Gasteiger partial charge is 0.309 e. The maximum absolute atomic E-state index is 15.4. The van der Waals surface area contributed by atoms with Crippen molar-refractivity contribution in [1.82, 2.24) is 0 Å². The molecule has 51 heavy (non-hydrogen) atoms. The third kappa shape index (κ3) is 4.77. The Hall–Kier alpha value is -5.59. The zero-order chi connectivity index (χ0) is 35.0. The third-order valence-electron chi connectivity index (χ3n) is 10.3. The Morgan fingerprint density at radius 1 is 0.451 bits per heavy atom. The first-order valence-electron chi connectivity index (χ1n) is 17.6. The first kappa shape index (κ1) is 31.4. The SMILES string of the molecule is CC(C)c1cccc(C(C)C)c1N1C(=O)c2c(N3c4ccccc4Cc4ccccc43)ccc(N3c4ccccc4Sc4ccccc43)c2C1=O. The molecule has 2 amide bonds. The summed E-state index contributed by atoms with van der Waals surface area (Å²) in [6, 6.07) is 43.6. The minimum atomic E-state index is -0.298. The molecule has 6 aromatic carbocycles. The van der Waals surface area contributed by atoms with Gasteiger partial charge in [0.25, 0.3) is 11.8 Å². The number of fused-ring (bicyclic) bond motifs is 5. The fourth-order valence-electron chi connectivity index (χ4n) is 7.99. The maximum Gasteiger partial charge on any atom is 0.268 e. The third-order valence-corrected chi connectivity index (χ3v) is 11.5. The van der Waals surface area contributed by atoms with Crippen LogP contribution in [0.5, 0.6) is 0 Å². The molecule has 3 aliphatic rings. The van der Waals surface area contributed by atoms with E-state index in [0.29, 0.717) is 28.2 Å². The Labute approximate surface area is 303 Å². The number of para-hydroxylation sites is 5. The number of hydrogen-bond acceptors (Lipinski definition) is 5. The Bertz CT molecular complexity index is 2160. The van der Waals surface area contributed by atoms with Crippen LogP contribution in [0.2, 0.25) is 0 Å². The number of carbonyl (C=O) groups excluding carboxylic acids is 2. The zero-order valence-corrected chi connectivity index (χ0v) is 29.9. The summed E-state index contributed by atoms with van der Waals surface area (Å²) in [5.41, 5.74) is 11.3. The van der Waals surface area contributed by atoms with Gasteiger partial charge >= 0.3 is 0 Å². The first-order valence-corrected chi connectivity index (χ1v) is 18.5. The predicted molar refractivity (Wildman–Crippen MR) is 208 cm³/mol. The zero-order valence-electron chi connectivity index (χ0n) is 29.1. The van der Waals surface area contributed by atoms with E-state index in [-0.39, 0.29) is 23.7 Å². The summed E-state index contributed by atoms with van der Waals surface area (Å²) >= 11 is 1.72. The van der Waals surface area contributed by atoms with Crippen molar-refractivity contribution in [2.45, 2.75) is 55.7 Å². The van der Waals surface area contributed by atoms with Crippen molar-refractivity contribution in [2.75, 3.05) is 14.7 Å². The van der Waals surface area contributed by atoms with Crippen LogP contribution in [0.4, 0.5) is 39.8 Å². The highest BCUT2D eigenvalue weighted by atomic mass is 32.2. The number of rotatable bonds is 5. The molecule has 0 unspecified atom stereocenters. The second kappa shape index (κ2) is 12.0. The minimum absolute atomic E-state index is 0.0978. The van der Waals surface area contributed by atoms with Crippen molar-refractivity contribution in [2.24, 2.45) is 0 Å². The Kier molecular flexibility index (Phi) is 7.40. The summed E-state index contributed by atoms with van der Waals surface area (Å²) in [6.07, 6.45) is 0.792. The van der Waals surface area contributed by atoms with Crippen LogP contribution < -0.4 is 14.7 Å². The number of carbonyl (C=O) groups is 2. The van der Waals surface area contributed by atoms with Gasteiger partial charge < -0.3 is 9.80 Å². The van der Waals surface area contributed by atoms with Crippen LogP contribution in [0.15, 0.2) is 137 Å². The molecule has 0 aliphatic carbocycles. The lowest BCUT2D eigenvalue weighted by Gasteiger charge is -2.36. The lowest BCUT2D eigenvalue weighted by molar-refractivity contribution is 0.0926. The van der Waals surface area contributed by atoms with Crippen molar-refractivity contribution in [3.63, 3.8) is 0 Å². The van der Waals surface area contributed by atoms with Gasteiger partial charge in [-0.1, -0.05) is 118 Å². The summed E-state index contributed by atoms with van der Waals surface area (Å²) in [6.45, 7) is 8.50. The molecular formula is C45H37N3O2S. The molecule has 6 aromatic rings. The van der Waals surface area contributed by atoms with E-state index >= 15 is 9.59 Å². The Morgan fingerprint density at radius 3 is 1.33 bits per heavy atom. The van der Waals surface area contributed by atoms with Gasteiger partial charge in [-0.2, -0.15) is 0 Å². The Morgan fingerprint density at radius 2 is 0.863 bits per heavy atom. The standard InChI is InChI=1S/C45H37N3O2S/c1-27(2)31-16-13-17-32(28(3)4)43(31)48-44(49)41-37(46-33-18-7-5-14-29(33)26-30-15-6-8-19-34(30)46)24-25-38(42(41)45(48)50)47-35-20-9-11-22-39(35)51-40-23-12-10-21-36(40)47/h5-25,27-28H,26H2,1-4H3. The highest BCUT2D eigenvalue weighted by Crippen LogP contribution is 2.55. The van der Waals surface area contributed by atoms with E-state index in [4.69, 9.17) is 0 Å². The summed E-state index contributed by atoms with van der Waals surface area (Å²) in [4.78, 5) is 38.9. The number of imide groups is 1. The molecule has 0 radical (unpaired) electrons. The van der Waals surface area contributed by atoms with Gasteiger partial charge in [0.05, 0.1) is 39.6 Å². The monoisotopic (exact) mass is 683 g/mol. The smallest absolute Gasteiger partial charge is 0.268 e. The number of anilines is 7. The van der Waals surface area contributed by atoms with Gasteiger partial charge in [0.15, 0.2) is 0 Å². The van der Waals surface area contributed by atoms with Crippen LogP contribution >= 0.6 is 11.8 Å². The normalized spacial score (nSPS) is 14.4. The minimum Gasteiger partial charge on any atom is -0.309 e. The van der Waals surface area contributed by atoms with Crippen LogP contribution in [0.3, 0.4) is 0 Å². The second-order valence-corrected chi connectivity index (χ2v) is 15.1. The average molecular weight is 684 g/mol. The lowest BCUT2D eigenvalue weighted by Crippen LogP contribution is -2.32. The van der Waals surface area contributed by atoms with Gasteiger partial charge in [-0.15, -0.1) is 0 Å². The van der Waals surface area contributed by atoms with Crippen molar-refractivity contribution in [1.29, 1.82) is 0 Å². The van der Waals surface area contributed by atoms with Crippen LogP contribution in [0, 0.1) is 0 Å². The molecule has 0 saturated carbocycles. The summed E-state index contributed by atoms with van der Waals surface area (Å²) < 4.78 is 0. The highest BCUT2D eigenvalue weighted by Gasteiger charge is 2.46. The van der Waals surface area contributed by atoms with Gasteiger partial charge in [-0.05, 0) is 82.6 Å². The predicted octanol–water partition coefficient (Wildman–Crippen LogP) is 12.0. The van der Waals surface area contributed by atoms with E-state index in [1.54, 1.807) is 11.8 Å². The van der Waals surface area contributed by atoms with Crippen LogP contribution in [0.1, 0.15) is 82.5 Å². The fraction of sp³-hybridized carbons (Fsp3) is 0.156. The van der Waals surface area contributed by atoms with E-state index < -0.39 is 0 Å². The average Bonchev–Trinajstić information content (AvgIpc) is 3.41. The molecule has 3 aliphatic heterocycles. The van der Waals surface area contributed by atoms with Crippen molar-refractivity contribution in [3.05, 3.63) is 161 Å². The molecule has 0 aromatic heterocycles. The van der Waals surface area contributed by atoms with Gasteiger partial charge in [0.1, 0.15) is 0 Å². The quantitative estimate of drug-likeness (QED) is 0.169. The van der Waals surface area contributed by atoms with Crippen molar-refractivity contribution < 1.29 is 9.59 Å². The molecule has 0 spiro atoms. The van der Waals surface area contributed by atoms with Gasteiger partial charge in [-0.25, -0.2) is 4.90 Å². The van der Waals surface area contributed by atoms with E-state index in [2.05, 4.69) is 110 Å². The van der Waals surface area contributed by atoms with Gasteiger partial charge in [0.2, 0.25) is 0 Å². The number of hydrogen-bond donors (Lipinski definition) is 0. The molecule has 5 nitrogen and oxygen atoms in total. The topological polar surface area (TPSA) is 43.9 Å². The number of amides is 2. The Balaban J connectivity index is 1.36. The molecule has 0 saturated heterocycles.